The summed E-state index contributed by atoms with van der Waals surface area (Å²) in [5.41, 5.74) is 2.95. The predicted molar refractivity (Wildman–Crippen MR) is 82.7 cm³/mol. The zero-order valence-electron chi connectivity index (χ0n) is 10.0. The first-order valence-corrected chi connectivity index (χ1v) is 6.96. The van der Waals surface area contributed by atoms with Crippen molar-refractivity contribution >= 4 is 33.5 Å². The third kappa shape index (κ3) is 2.34. The summed E-state index contributed by atoms with van der Waals surface area (Å²) >= 11 is 2.21. The molecule has 0 saturated carbocycles. The first-order chi connectivity index (χ1) is 9.28. The first-order valence-electron chi connectivity index (χ1n) is 5.88. The number of aromatic nitrogens is 2. The van der Waals surface area contributed by atoms with Crippen LogP contribution in [0.2, 0.25) is 0 Å². The van der Waals surface area contributed by atoms with Crippen molar-refractivity contribution in [3.8, 4) is 6.07 Å². The zero-order chi connectivity index (χ0) is 13.2. The molecular weight excluding hydrogens is 349 g/mol. The van der Waals surface area contributed by atoms with Gasteiger partial charge in [0.1, 0.15) is 3.70 Å². The maximum absolute atomic E-state index is 8.95. The maximum Gasteiger partial charge on any atom is 0.131 e. The molecule has 0 aliphatic heterocycles. The third-order valence-electron chi connectivity index (χ3n) is 3.01. The third-order valence-corrected chi connectivity index (χ3v) is 3.81. The van der Waals surface area contributed by atoms with E-state index < -0.39 is 0 Å². The minimum atomic E-state index is 0.671. The second-order valence-electron chi connectivity index (χ2n) is 4.28. The van der Waals surface area contributed by atoms with Gasteiger partial charge in [-0.1, -0.05) is 30.3 Å². The van der Waals surface area contributed by atoms with Crippen LogP contribution >= 0.6 is 22.6 Å². The van der Waals surface area contributed by atoms with Crippen molar-refractivity contribution in [3.63, 3.8) is 0 Å². The summed E-state index contributed by atoms with van der Waals surface area (Å²) in [4.78, 5) is 0. The van der Waals surface area contributed by atoms with E-state index in [1.165, 1.54) is 5.56 Å². The van der Waals surface area contributed by atoms with Crippen LogP contribution < -0.4 is 0 Å². The molecule has 2 aromatic carbocycles. The van der Waals surface area contributed by atoms with E-state index >= 15 is 0 Å². The van der Waals surface area contributed by atoms with Crippen molar-refractivity contribution in [1.82, 2.24) is 9.78 Å². The van der Waals surface area contributed by atoms with E-state index in [0.29, 0.717) is 5.56 Å². The van der Waals surface area contributed by atoms with Crippen LogP contribution in [0, 0.1) is 15.0 Å². The molecule has 3 aromatic rings. The normalized spacial score (nSPS) is 10.5. The summed E-state index contributed by atoms with van der Waals surface area (Å²) in [5.74, 6) is 0. The van der Waals surface area contributed by atoms with Crippen LogP contribution in [-0.4, -0.2) is 9.78 Å². The minimum absolute atomic E-state index is 0.671. The molecule has 0 radical (unpaired) electrons. The smallest absolute Gasteiger partial charge is 0.131 e. The van der Waals surface area contributed by atoms with Gasteiger partial charge in [0.05, 0.1) is 23.7 Å². The van der Waals surface area contributed by atoms with E-state index in [0.717, 1.165) is 21.1 Å². The molecular formula is C15H10IN3. The van der Waals surface area contributed by atoms with Gasteiger partial charge in [-0.15, -0.1) is 0 Å². The zero-order valence-corrected chi connectivity index (χ0v) is 12.2. The van der Waals surface area contributed by atoms with E-state index in [9.17, 15) is 0 Å². The molecule has 19 heavy (non-hydrogen) atoms. The van der Waals surface area contributed by atoms with Gasteiger partial charge in [0.25, 0.3) is 0 Å². The van der Waals surface area contributed by atoms with Gasteiger partial charge >= 0.3 is 0 Å². The van der Waals surface area contributed by atoms with E-state index in [2.05, 4.69) is 45.9 Å². The molecule has 0 N–H and O–H groups in total. The van der Waals surface area contributed by atoms with Crippen LogP contribution in [-0.2, 0) is 6.54 Å². The quantitative estimate of drug-likeness (QED) is 0.657. The van der Waals surface area contributed by atoms with Crippen molar-refractivity contribution in [2.45, 2.75) is 6.54 Å². The van der Waals surface area contributed by atoms with Crippen molar-refractivity contribution in [2.75, 3.05) is 0 Å². The number of hydrogen-bond donors (Lipinski definition) is 0. The van der Waals surface area contributed by atoms with Crippen LogP contribution in [0.5, 0.6) is 0 Å². The molecule has 0 aliphatic rings. The highest BCUT2D eigenvalue weighted by atomic mass is 127. The van der Waals surface area contributed by atoms with Crippen LogP contribution in [0.4, 0.5) is 0 Å². The summed E-state index contributed by atoms with van der Waals surface area (Å²) < 4.78 is 2.91. The highest BCUT2D eigenvalue weighted by molar-refractivity contribution is 14.1. The van der Waals surface area contributed by atoms with Crippen molar-refractivity contribution < 1.29 is 0 Å². The Kier molecular flexibility index (Phi) is 3.22. The molecule has 0 spiro atoms. The monoisotopic (exact) mass is 359 g/mol. The predicted octanol–water partition coefficient (Wildman–Crippen LogP) is 3.56. The van der Waals surface area contributed by atoms with Gasteiger partial charge in [-0.3, -0.25) is 4.68 Å². The summed E-state index contributed by atoms with van der Waals surface area (Å²) in [6.45, 7) is 0.742. The lowest BCUT2D eigenvalue weighted by Crippen LogP contribution is -2.01. The highest BCUT2D eigenvalue weighted by Crippen LogP contribution is 2.22. The first kappa shape index (κ1) is 12.2. The number of halogens is 1. The molecule has 4 heteroatoms. The molecule has 0 aliphatic carbocycles. The second kappa shape index (κ2) is 5.02. The Morgan fingerprint density at radius 3 is 2.68 bits per heavy atom. The average molecular weight is 359 g/mol. The maximum atomic E-state index is 8.95. The molecule has 0 amide bonds. The molecule has 1 heterocycles. The molecule has 0 fully saturated rings. The van der Waals surface area contributed by atoms with E-state index in [1.807, 2.05) is 41.1 Å². The van der Waals surface area contributed by atoms with E-state index in [4.69, 9.17) is 5.26 Å². The molecule has 0 saturated heterocycles. The Bertz CT molecular complexity index is 769. The molecule has 1 aromatic heterocycles. The van der Waals surface area contributed by atoms with Gasteiger partial charge in [-0.2, -0.15) is 10.4 Å². The fraction of sp³-hybridized carbons (Fsp3) is 0.0667. The van der Waals surface area contributed by atoms with Gasteiger partial charge in [-0.05, 0) is 46.4 Å². The number of fused-ring (bicyclic) bond motifs is 1. The van der Waals surface area contributed by atoms with E-state index in [-0.39, 0.29) is 0 Å². The molecule has 3 nitrogen and oxygen atoms in total. The lowest BCUT2D eigenvalue weighted by molar-refractivity contribution is 0.705. The lowest BCUT2D eigenvalue weighted by atomic mass is 10.2. The van der Waals surface area contributed by atoms with Crippen LogP contribution in [0.25, 0.3) is 10.9 Å². The Morgan fingerprint density at radius 2 is 1.95 bits per heavy atom. The van der Waals surface area contributed by atoms with Crippen LogP contribution in [0.1, 0.15) is 11.1 Å². The molecule has 3 rings (SSSR count). The number of nitriles is 1. The standard InChI is InChI=1S/C15H10IN3/c16-15-13-8-12(9-17)6-7-14(13)19(18-15)10-11-4-2-1-3-5-11/h1-8H,10H2. The molecule has 0 bridgehead atoms. The van der Waals surface area contributed by atoms with Gasteiger partial charge in [0, 0.05) is 5.39 Å². The van der Waals surface area contributed by atoms with Gasteiger partial charge in [0.15, 0.2) is 0 Å². The topological polar surface area (TPSA) is 41.6 Å². The molecule has 92 valence electrons. The summed E-state index contributed by atoms with van der Waals surface area (Å²) in [5, 5.41) is 14.5. The Morgan fingerprint density at radius 1 is 1.16 bits per heavy atom. The Hall–Kier alpha value is -1.87. The number of nitrogens with zero attached hydrogens (tertiary/aromatic N) is 3. The summed E-state index contributed by atoms with van der Waals surface area (Å²) in [7, 11) is 0. The fourth-order valence-corrected chi connectivity index (χ4v) is 2.78. The summed E-state index contributed by atoms with van der Waals surface area (Å²) in [6, 6.07) is 18.1. The van der Waals surface area contributed by atoms with Crippen LogP contribution in [0.15, 0.2) is 48.5 Å². The largest absolute Gasteiger partial charge is 0.259 e. The van der Waals surface area contributed by atoms with Gasteiger partial charge in [-0.25, -0.2) is 0 Å². The van der Waals surface area contributed by atoms with Crippen molar-refractivity contribution in [1.29, 1.82) is 5.26 Å². The highest BCUT2D eigenvalue weighted by Gasteiger charge is 2.09. The number of benzene rings is 2. The fourth-order valence-electron chi connectivity index (χ4n) is 2.09. The summed E-state index contributed by atoms with van der Waals surface area (Å²) in [6.07, 6.45) is 0. The van der Waals surface area contributed by atoms with E-state index in [1.54, 1.807) is 0 Å². The number of rotatable bonds is 2. The molecule has 0 atom stereocenters. The molecule has 0 unspecified atom stereocenters. The van der Waals surface area contributed by atoms with Crippen LogP contribution in [0.3, 0.4) is 0 Å². The average Bonchev–Trinajstić information content (AvgIpc) is 2.76. The minimum Gasteiger partial charge on any atom is -0.259 e. The van der Waals surface area contributed by atoms with Gasteiger partial charge < -0.3 is 0 Å². The van der Waals surface area contributed by atoms with Crippen molar-refractivity contribution in [2.24, 2.45) is 0 Å². The second-order valence-corrected chi connectivity index (χ2v) is 5.30. The van der Waals surface area contributed by atoms with Crippen molar-refractivity contribution in [3.05, 3.63) is 63.4 Å². The Balaban J connectivity index is 2.08. The SMILES string of the molecule is N#Cc1ccc2c(c1)c(I)nn2Cc1ccccc1. The lowest BCUT2D eigenvalue weighted by Gasteiger charge is -2.03. The Labute approximate surface area is 124 Å². The van der Waals surface area contributed by atoms with Gasteiger partial charge in [0.2, 0.25) is 0 Å². The number of hydrogen-bond acceptors (Lipinski definition) is 2.